The van der Waals surface area contributed by atoms with Crippen LogP contribution in [0.1, 0.15) is 11.1 Å². The highest BCUT2D eigenvalue weighted by molar-refractivity contribution is 8.15. The Hall–Kier alpha value is -2.60. The molecular formula is C18H17N3O2S. The van der Waals surface area contributed by atoms with Crippen LogP contribution in [0, 0.1) is 0 Å². The molecule has 1 amide bonds. The van der Waals surface area contributed by atoms with Crippen molar-refractivity contribution in [2.75, 3.05) is 12.9 Å². The Morgan fingerprint density at radius 2 is 1.92 bits per heavy atom. The van der Waals surface area contributed by atoms with Crippen molar-refractivity contribution in [3.05, 3.63) is 65.7 Å². The van der Waals surface area contributed by atoms with Gasteiger partial charge in [0.05, 0.1) is 25.6 Å². The fourth-order valence-electron chi connectivity index (χ4n) is 2.23. The Morgan fingerprint density at radius 3 is 2.62 bits per heavy atom. The predicted octanol–water partition coefficient (Wildman–Crippen LogP) is 3.16. The lowest BCUT2D eigenvalue weighted by atomic mass is 10.2. The first kappa shape index (κ1) is 16.3. The third-order valence-corrected chi connectivity index (χ3v) is 4.46. The van der Waals surface area contributed by atoms with Crippen LogP contribution in [0.15, 0.2) is 64.8 Å². The van der Waals surface area contributed by atoms with Gasteiger partial charge in [0.15, 0.2) is 5.17 Å². The molecular weight excluding hydrogens is 322 g/mol. The molecule has 1 aliphatic rings. The molecule has 0 aromatic heterocycles. The number of nitrogens with zero attached hydrogens (tertiary/aromatic N) is 3. The molecule has 5 nitrogen and oxygen atoms in total. The van der Waals surface area contributed by atoms with Gasteiger partial charge in [-0.15, -0.1) is 5.10 Å². The molecule has 0 unspecified atom stereocenters. The number of benzene rings is 2. The van der Waals surface area contributed by atoms with Gasteiger partial charge in [0.25, 0.3) is 0 Å². The third kappa shape index (κ3) is 4.02. The molecule has 0 atom stereocenters. The topological polar surface area (TPSA) is 54.3 Å². The molecule has 2 aromatic rings. The smallest absolute Gasteiger partial charge is 0.239 e. The van der Waals surface area contributed by atoms with E-state index in [2.05, 4.69) is 10.2 Å². The first-order chi connectivity index (χ1) is 11.8. The zero-order valence-corrected chi connectivity index (χ0v) is 14.1. The standard InChI is InChI=1S/C18H17N3O2S/c1-23-16-9-7-14(8-10-16)11-19-20-18-21(17(22)13-24-18)12-15-5-3-2-4-6-15/h2-11H,12-13H2,1H3/b19-11+,20-18+. The Morgan fingerprint density at radius 1 is 1.17 bits per heavy atom. The van der Waals surface area contributed by atoms with Crippen molar-refractivity contribution < 1.29 is 9.53 Å². The molecule has 0 radical (unpaired) electrons. The van der Waals surface area contributed by atoms with Gasteiger partial charge in [-0.05, 0) is 35.4 Å². The maximum absolute atomic E-state index is 12.1. The highest BCUT2D eigenvalue weighted by Gasteiger charge is 2.28. The van der Waals surface area contributed by atoms with Crippen LogP contribution in [-0.2, 0) is 11.3 Å². The molecule has 0 aliphatic carbocycles. The molecule has 3 rings (SSSR count). The van der Waals surface area contributed by atoms with Crippen molar-refractivity contribution in [2.45, 2.75) is 6.54 Å². The van der Waals surface area contributed by atoms with Gasteiger partial charge in [-0.1, -0.05) is 42.1 Å². The first-order valence-corrected chi connectivity index (χ1v) is 8.47. The lowest BCUT2D eigenvalue weighted by Crippen LogP contribution is -2.28. The van der Waals surface area contributed by atoms with Gasteiger partial charge in [-0.3, -0.25) is 9.69 Å². The van der Waals surface area contributed by atoms with Crippen molar-refractivity contribution in [3.8, 4) is 5.75 Å². The summed E-state index contributed by atoms with van der Waals surface area (Å²) >= 11 is 1.41. The molecule has 0 bridgehead atoms. The number of hydrogen-bond acceptors (Lipinski definition) is 5. The van der Waals surface area contributed by atoms with Gasteiger partial charge in [0.1, 0.15) is 5.75 Å². The molecule has 1 fully saturated rings. The molecule has 1 aliphatic heterocycles. The largest absolute Gasteiger partial charge is 0.497 e. The lowest BCUT2D eigenvalue weighted by Gasteiger charge is -2.14. The second-order valence-corrected chi connectivity index (χ2v) is 6.10. The van der Waals surface area contributed by atoms with Crippen molar-refractivity contribution in [2.24, 2.45) is 10.2 Å². The SMILES string of the molecule is COc1ccc(/C=N/N=C2/SCC(=O)N2Cc2ccccc2)cc1. The van der Waals surface area contributed by atoms with Crippen LogP contribution < -0.4 is 4.74 Å². The minimum absolute atomic E-state index is 0.0576. The number of methoxy groups -OCH3 is 1. The Balaban J connectivity index is 1.70. The van der Waals surface area contributed by atoms with E-state index in [1.807, 2.05) is 54.6 Å². The van der Waals surface area contributed by atoms with Crippen LogP contribution in [0.5, 0.6) is 5.75 Å². The van der Waals surface area contributed by atoms with Gasteiger partial charge < -0.3 is 4.74 Å². The van der Waals surface area contributed by atoms with E-state index in [9.17, 15) is 4.79 Å². The van der Waals surface area contributed by atoms with E-state index in [0.717, 1.165) is 16.9 Å². The monoisotopic (exact) mass is 339 g/mol. The quantitative estimate of drug-likeness (QED) is 0.621. The molecule has 2 aromatic carbocycles. The number of amides is 1. The van der Waals surface area contributed by atoms with Crippen molar-refractivity contribution in [1.82, 2.24) is 4.90 Å². The van der Waals surface area contributed by atoms with Crippen LogP contribution in [-0.4, -0.2) is 35.1 Å². The number of amidine groups is 1. The Bertz CT molecular complexity index is 758. The third-order valence-electron chi connectivity index (χ3n) is 3.51. The zero-order valence-electron chi connectivity index (χ0n) is 13.3. The maximum atomic E-state index is 12.1. The minimum Gasteiger partial charge on any atom is -0.497 e. The second-order valence-electron chi connectivity index (χ2n) is 5.15. The van der Waals surface area contributed by atoms with E-state index in [0.29, 0.717) is 17.5 Å². The normalized spacial score (nSPS) is 16.3. The summed E-state index contributed by atoms with van der Waals surface area (Å²) in [5.74, 6) is 1.26. The summed E-state index contributed by atoms with van der Waals surface area (Å²) in [6, 6.07) is 17.4. The van der Waals surface area contributed by atoms with Crippen LogP contribution >= 0.6 is 11.8 Å². The number of thioether (sulfide) groups is 1. The maximum Gasteiger partial charge on any atom is 0.239 e. The van der Waals surface area contributed by atoms with Crippen LogP contribution in [0.4, 0.5) is 0 Å². The number of ether oxygens (including phenoxy) is 1. The van der Waals surface area contributed by atoms with Crippen LogP contribution in [0.2, 0.25) is 0 Å². The van der Waals surface area contributed by atoms with Gasteiger partial charge in [-0.2, -0.15) is 5.10 Å². The summed E-state index contributed by atoms with van der Waals surface area (Å²) in [6.45, 7) is 0.517. The predicted molar refractivity (Wildman–Crippen MR) is 97.5 cm³/mol. The molecule has 6 heteroatoms. The van der Waals surface area contributed by atoms with Gasteiger partial charge >= 0.3 is 0 Å². The first-order valence-electron chi connectivity index (χ1n) is 7.48. The molecule has 0 N–H and O–H groups in total. The van der Waals surface area contributed by atoms with E-state index >= 15 is 0 Å². The number of carbonyl (C=O) groups excluding carboxylic acids is 1. The van der Waals surface area contributed by atoms with E-state index in [-0.39, 0.29) is 5.91 Å². The summed E-state index contributed by atoms with van der Waals surface area (Å²) in [7, 11) is 1.63. The molecule has 122 valence electrons. The summed E-state index contributed by atoms with van der Waals surface area (Å²) in [6.07, 6.45) is 1.66. The Kier molecular flexibility index (Phi) is 5.28. The summed E-state index contributed by atoms with van der Waals surface area (Å²) in [5.41, 5.74) is 1.99. The van der Waals surface area contributed by atoms with Crippen molar-refractivity contribution >= 4 is 29.1 Å². The van der Waals surface area contributed by atoms with E-state index < -0.39 is 0 Å². The average Bonchev–Trinajstić information content (AvgIpc) is 2.97. The van der Waals surface area contributed by atoms with E-state index in [4.69, 9.17) is 4.74 Å². The number of carbonyl (C=O) groups is 1. The highest BCUT2D eigenvalue weighted by atomic mass is 32.2. The summed E-state index contributed by atoms with van der Waals surface area (Å²) in [5, 5.41) is 8.96. The van der Waals surface area contributed by atoms with Crippen molar-refractivity contribution in [3.63, 3.8) is 0 Å². The molecule has 1 saturated heterocycles. The highest BCUT2D eigenvalue weighted by Crippen LogP contribution is 2.22. The minimum atomic E-state index is 0.0576. The van der Waals surface area contributed by atoms with Gasteiger partial charge in [-0.25, -0.2) is 0 Å². The summed E-state index contributed by atoms with van der Waals surface area (Å²) in [4.78, 5) is 13.7. The number of hydrogen-bond donors (Lipinski definition) is 0. The van der Waals surface area contributed by atoms with E-state index in [1.165, 1.54) is 11.8 Å². The van der Waals surface area contributed by atoms with E-state index in [1.54, 1.807) is 18.2 Å². The van der Waals surface area contributed by atoms with Crippen molar-refractivity contribution in [1.29, 1.82) is 0 Å². The number of rotatable bonds is 5. The van der Waals surface area contributed by atoms with Gasteiger partial charge in [0, 0.05) is 0 Å². The van der Waals surface area contributed by atoms with Crippen LogP contribution in [0.25, 0.3) is 0 Å². The van der Waals surface area contributed by atoms with Crippen LogP contribution in [0.3, 0.4) is 0 Å². The molecule has 0 spiro atoms. The Labute approximate surface area is 145 Å². The molecule has 1 heterocycles. The average molecular weight is 339 g/mol. The fraction of sp³-hybridized carbons (Fsp3) is 0.167. The summed E-state index contributed by atoms with van der Waals surface area (Å²) < 4.78 is 5.12. The lowest BCUT2D eigenvalue weighted by molar-refractivity contribution is -0.124. The zero-order chi connectivity index (χ0) is 16.8. The van der Waals surface area contributed by atoms with Gasteiger partial charge in [0.2, 0.25) is 5.91 Å². The second kappa shape index (κ2) is 7.79. The molecule has 0 saturated carbocycles. The fourth-order valence-corrected chi connectivity index (χ4v) is 3.06. The molecule has 24 heavy (non-hydrogen) atoms.